The van der Waals surface area contributed by atoms with Crippen molar-refractivity contribution in [3.63, 3.8) is 0 Å². The standard InChI is InChI=1S/C24H30N2O2/c25-21(27)23(13-3-1-4-14-23)19-11-7-10-18-17(19)9-8-12-20(18)24(22(26)28)15-5-2-6-16-24/h7-12H,1-6,13-16H2,(H2,25,27)(H2,26,28). The first-order chi connectivity index (χ1) is 13.5. The number of primary amides is 2. The molecular formula is C24H30N2O2. The molecule has 2 aliphatic carbocycles. The normalized spacial score (nSPS) is 21.3. The Hall–Kier alpha value is -2.36. The van der Waals surface area contributed by atoms with Gasteiger partial charge in [0, 0.05) is 0 Å². The molecule has 0 saturated heterocycles. The summed E-state index contributed by atoms with van der Waals surface area (Å²) in [5.41, 5.74) is 12.8. The Morgan fingerprint density at radius 2 is 0.964 bits per heavy atom. The predicted molar refractivity (Wildman–Crippen MR) is 112 cm³/mol. The first kappa shape index (κ1) is 19.0. The summed E-state index contributed by atoms with van der Waals surface area (Å²) in [5.74, 6) is -0.459. The molecule has 2 amide bonds. The molecule has 0 bridgehead atoms. The number of benzene rings is 2. The van der Waals surface area contributed by atoms with Crippen LogP contribution in [0.2, 0.25) is 0 Å². The molecule has 2 fully saturated rings. The van der Waals surface area contributed by atoms with Crippen molar-refractivity contribution in [1.29, 1.82) is 0 Å². The van der Waals surface area contributed by atoms with Gasteiger partial charge in [-0.25, -0.2) is 0 Å². The summed E-state index contributed by atoms with van der Waals surface area (Å²) < 4.78 is 0. The first-order valence-electron chi connectivity index (χ1n) is 10.6. The average molecular weight is 379 g/mol. The molecule has 148 valence electrons. The van der Waals surface area contributed by atoms with E-state index >= 15 is 0 Å². The second-order valence-corrected chi connectivity index (χ2v) is 8.72. The van der Waals surface area contributed by atoms with Crippen LogP contribution in [0.15, 0.2) is 36.4 Å². The summed E-state index contributed by atoms with van der Waals surface area (Å²) in [6, 6.07) is 12.3. The Morgan fingerprint density at radius 1 is 0.607 bits per heavy atom. The van der Waals surface area contributed by atoms with Crippen molar-refractivity contribution in [3.8, 4) is 0 Å². The second kappa shape index (κ2) is 7.23. The van der Waals surface area contributed by atoms with E-state index in [9.17, 15) is 9.59 Å². The number of fused-ring (bicyclic) bond motifs is 1. The number of hydrogen-bond donors (Lipinski definition) is 2. The molecule has 28 heavy (non-hydrogen) atoms. The lowest BCUT2D eigenvalue weighted by Gasteiger charge is -2.38. The van der Waals surface area contributed by atoms with Crippen LogP contribution in [-0.4, -0.2) is 11.8 Å². The Bertz CT molecular complexity index is 831. The van der Waals surface area contributed by atoms with Crippen LogP contribution in [-0.2, 0) is 20.4 Å². The van der Waals surface area contributed by atoms with Crippen LogP contribution in [0.4, 0.5) is 0 Å². The van der Waals surface area contributed by atoms with Gasteiger partial charge in [-0.15, -0.1) is 0 Å². The molecule has 0 heterocycles. The number of rotatable bonds is 4. The quantitative estimate of drug-likeness (QED) is 0.835. The number of carbonyl (C=O) groups excluding carboxylic acids is 2. The molecule has 2 aromatic rings. The van der Waals surface area contributed by atoms with Gasteiger partial charge < -0.3 is 11.5 Å². The van der Waals surface area contributed by atoms with E-state index in [4.69, 9.17) is 11.5 Å². The summed E-state index contributed by atoms with van der Waals surface area (Å²) >= 11 is 0. The van der Waals surface area contributed by atoms with Gasteiger partial charge in [-0.1, -0.05) is 74.9 Å². The lowest BCUT2D eigenvalue weighted by Crippen LogP contribution is -2.44. The molecule has 0 aliphatic heterocycles. The molecule has 4 rings (SSSR count). The minimum absolute atomic E-state index is 0.229. The minimum atomic E-state index is -0.608. The van der Waals surface area contributed by atoms with Gasteiger partial charge in [0.25, 0.3) is 0 Å². The molecule has 4 N–H and O–H groups in total. The van der Waals surface area contributed by atoms with Gasteiger partial charge in [0.2, 0.25) is 11.8 Å². The van der Waals surface area contributed by atoms with E-state index in [1.165, 1.54) is 0 Å². The fourth-order valence-corrected chi connectivity index (χ4v) is 5.75. The lowest BCUT2D eigenvalue weighted by molar-refractivity contribution is -0.125. The highest BCUT2D eigenvalue weighted by atomic mass is 16.1. The zero-order valence-corrected chi connectivity index (χ0v) is 16.5. The largest absolute Gasteiger partial charge is 0.369 e. The molecule has 2 saturated carbocycles. The highest BCUT2D eigenvalue weighted by Crippen LogP contribution is 2.46. The third-order valence-corrected chi connectivity index (χ3v) is 7.31. The maximum atomic E-state index is 12.6. The smallest absolute Gasteiger partial charge is 0.228 e. The predicted octanol–water partition coefficient (Wildman–Crippen LogP) is 4.21. The van der Waals surface area contributed by atoms with Gasteiger partial charge in [-0.05, 0) is 47.6 Å². The van der Waals surface area contributed by atoms with E-state index < -0.39 is 10.8 Å². The van der Waals surface area contributed by atoms with Crippen LogP contribution in [0, 0.1) is 0 Å². The van der Waals surface area contributed by atoms with Crippen molar-refractivity contribution in [2.45, 2.75) is 75.0 Å². The number of hydrogen-bond acceptors (Lipinski definition) is 2. The van der Waals surface area contributed by atoms with E-state index in [2.05, 4.69) is 24.3 Å². The van der Waals surface area contributed by atoms with Crippen molar-refractivity contribution in [1.82, 2.24) is 0 Å². The summed E-state index contributed by atoms with van der Waals surface area (Å²) in [7, 11) is 0. The van der Waals surface area contributed by atoms with E-state index in [1.807, 2.05) is 12.1 Å². The first-order valence-corrected chi connectivity index (χ1v) is 10.6. The highest BCUT2D eigenvalue weighted by molar-refractivity contribution is 6.00. The van der Waals surface area contributed by atoms with Crippen LogP contribution in [0.1, 0.15) is 75.3 Å². The van der Waals surface area contributed by atoms with E-state index in [1.54, 1.807) is 0 Å². The molecule has 2 aliphatic rings. The molecule has 0 atom stereocenters. The molecule has 4 nitrogen and oxygen atoms in total. The Labute approximate surface area is 166 Å². The maximum Gasteiger partial charge on any atom is 0.228 e. The Balaban J connectivity index is 1.95. The summed E-state index contributed by atoms with van der Waals surface area (Å²) in [5, 5.41) is 2.10. The van der Waals surface area contributed by atoms with Crippen molar-refractivity contribution in [2.75, 3.05) is 0 Å². The summed E-state index contributed by atoms with van der Waals surface area (Å²) in [6.45, 7) is 0. The molecule has 0 radical (unpaired) electrons. The van der Waals surface area contributed by atoms with Gasteiger partial charge in [-0.2, -0.15) is 0 Å². The Morgan fingerprint density at radius 3 is 1.29 bits per heavy atom. The van der Waals surface area contributed by atoms with Crippen LogP contribution in [0.3, 0.4) is 0 Å². The lowest BCUT2D eigenvalue weighted by atomic mass is 9.65. The van der Waals surface area contributed by atoms with E-state index in [0.717, 1.165) is 86.1 Å². The summed E-state index contributed by atoms with van der Waals surface area (Å²) in [6.07, 6.45) is 9.56. The molecule has 0 unspecified atom stereocenters. The fourth-order valence-electron chi connectivity index (χ4n) is 5.75. The van der Waals surface area contributed by atoms with Gasteiger partial charge in [-0.3, -0.25) is 9.59 Å². The fraction of sp³-hybridized carbons (Fsp3) is 0.500. The van der Waals surface area contributed by atoms with Crippen molar-refractivity contribution >= 4 is 22.6 Å². The highest BCUT2D eigenvalue weighted by Gasteiger charge is 2.43. The van der Waals surface area contributed by atoms with Crippen LogP contribution in [0.25, 0.3) is 10.8 Å². The second-order valence-electron chi connectivity index (χ2n) is 8.72. The van der Waals surface area contributed by atoms with Gasteiger partial charge in [0.1, 0.15) is 0 Å². The Kier molecular flexibility index (Phi) is 4.90. The molecule has 4 heteroatoms. The van der Waals surface area contributed by atoms with Gasteiger partial charge in [0.05, 0.1) is 10.8 Å². The van der Waals surface area contributed by atoms with Crippen LogP contribution in [0.5, 0.6) is 0 Å². The third-order valence-electron chi connectivity index (χ3n) is 7.31. The van der Waals surface area contributed by atoms with Crippen LogP contribution < -0.4 is 11.5 Å². The zero-order chi connectivity index (χ0) is 19.8. The van der Waals surface area contributed by atoms with Crippen molar-refractivity contribution < 1.29 is 9.59 Å². The summed E-state index contributed by atoms with van der Waals surface area (Å²) in [4.78, 5) is 25.3. The number of amides is 2. The topological polar surface area (TPSA) is 86.2 Å². The maximum absolute atomic E-state index is 12.6. The molecular weight excluding hydrogens is 348 g/mol. The van der Waals surface area contributed by atoms with E-state index in [0.29, 0.717) is 0 Å². The SMILES string of the molecule is NC(=O)C1(c2cccc3c(C4(C(N)=O)CCCCC4)cccc23)CCCCC1. The molecule has 2 aromatic carbocycles. The van der Waals surface area contributed by atoms with Gasteiger partial charge >= 0.3 is 0 Å². The third kappa shape index (κ3) is 2.81. The minimum Gasteiger partial charge on any atom is -0.369 e. The van der Waals surface area contributed by atoms with Crippen molar-refractivity contribution in [2.24, 2.45) is 11.5 Å². The van der Waals surface area contributed by atoms with Crippen LogP contribution >= 0.6 is 0 Å². The van der Waals surface area contributed by atoms with E-state index in [-0.39, 0.29) is 11.8 Å². The number of nitrogens with two attached hydrogens (primary N) is 2. The van der Waals surface area contributed by atoms with Gasteiger partial charge in [0.15, 0.2) is 0 Å². The zero-order valence-electron chi connectivity index (χ0n) is 16.5. The monoisotopic (exact) mass is 378 g/mol. The number of carbonyl (C=O) groups is 2. The van der Waals surface area contributed by atoms with Crippen molar-refractivity contribution in [3.05, 3.63) is 47.5 Å². The molecule has 0 spiro atoms. The average Bonchev–Trinajstić information content (AvgIpc) is 2.73. The molecule has 0 aromatic heterocycles.